The minimum absolute atomic E-state index is 0.0489. The molecule has 0 N–H and O–H groups in total. The quantitative estimate of drug-likeness (QED) is 0.535. The molecule has 0 aliphatic carbocycles. The highest BCUT2D eigenvalue weighted by atomic mass is 16.6. The summed E-state index contributed by atoms with van der Waals surface area (Å²) in [7, 11) is 0. The predicted octanol–water partition coefficient (Wildman–Crippen LogP) is 3.28. The third-order valence-corrected chi connectivity index (χ3v) is 4.70. The van der Waals surface area contributed by atoms with Crippen molar-refractivity contribution in [2.75, 3.05) is 18.0 Å². The van der Waals surface area contributed by atoms with Crippen LogP contribution in [0.4, 0.5) is 11.6 Å². The van der Waals surface area contributed by atoms with Crippen molar-refractivity contribution >= 4 is 22.5 Å². The fourth-order valence-corrected chi connectivity index (χ4v) is 3.41. The first kappa shape index (κ1) is 16.3. The average molecular weight is 350 g/mol. The number of nitro groups is 1. The number of para-hydroxylation sites is 1. The predicted molar refractivity (Wildman–Crippen MR) is 100 cm³/mol. The number of aromatic nitrogens is 2. The number of fused-ring (bicyclic) bond motifs is 1. The Morgan fingerprint density at radius 2 is 1.77 bits per heavy atom. The van der Waals surface area contributed by atoms with Crippen LogP contribution >= 0.6 is 0 Å². The molecule has 2 heterocycles. The molecule has 0 unspecified atom stereocenters. The van der Waals surface area contributed by atoms with E-state index in [1.165, 1.54) is 16.7 Å². The number of anilines is 1. The molecule has 7 nitrogen and oxygen atoms in total. The van der Waals surface area contributed by atoms with E-state index in [4.69, 9.17) is 4.98 Å². The summed E-state index contributed by atoms with van der Waals surface area (Å²) in [5, 5.41) is 11.7. The summed E-state index contributed by atoms with van der Waals surface area (Å²) in [6.45, 7) is 1.64. The van der Waals surface area contributed by atoms with Crippen molar-refractivity contribution in [1.82, 2.24) is 9.55 Å². The lowest BCUT2D eigenvalue weighted by Crippen LogP contribution is -2.36. The van der Waals surface area contributed by atoms with E-state index in [0.717, 1.165) is 32.4 Å². The van der Waals surface area contributed by atoms with Crippen molar-refractivity contribution in [3.05, 3.63) is 69.0 Å². The summed E-state index contributed by atoms with van der Waals surface area (Å²) >= 11 is 0. The minimum atomic E-state index is -0.455. The molecule has 1 aromatic heterocycles. The van der Waals surface area contributed by atoms with Crippen LogP contribution in [-0.2, 0) is 0 Å². The molecule has 1 aliphatic rings. The summed E-state index contributed by atoms with van der Waals surface area (Å²) in [5.74, 6) is 0.550. The van der Waals surface area contributed by atoms with Gasteiger partial charge in [0.1, 0.15) is 0 Å². The molecular weight excluding hydrogens is 332 g/mol. The Balaban J connectivity index is 1.99. The summed E-state index contributed by atoms with van der Waals surface area (Å²) in [4.78, 5) is 30.7. The van der Waals surface area contributed by atoms with Crippen molar-refractivity contribution in [2.24, 2.45) is 0 Å². The van der Waals surface area contributed by atoms with Gasteiger partial charge in [-0.2, -0.15) is 0 Å². The molecule has 1 saturated heterocycles. The number of hydrogen-bond acceptors (Lipinski definition) is 5. The van der Waals surface area contributed by atoms with Gasteiger partial charge in [-0.1, -0.05) is 18.2 Å². The van der Waals surface area contributed by atoms with Crippen molar-refractivity contribution in [3.63, 3.8) is 0 Å². The molecule has 4 rings (SSSR count). The van der Waals surface area contributed by atoms with Crippen LogP contribution in [0.1, 0.15) is 19.3 Å². The van der Waals surface area contributed by atoms with Gasteiger partial charge < -0.3 is 4.90 Å². The Morgan fingerprint density at radius 1 is 1.00 bits per heavy atom. The average Bonchev–Trinajstić information content (AvgIpc) is 2.68. The Labute approximate surface area is 149 Å². The molecular formula is C19H18N4O3. The normalized spacial score (nSPS) is 14.5. The van der Waals surface area contributed by atoms with Crippen LogP contribution in [-0.4, -0.2) is 27.6 Å². The topological polar surface area (TPSA) is 81.3 Å². The molecule has 7 heteroatoms. The first-order valence-corrected chi connectivity index (χ1v) is 8.67. The fourth-order valence-electron chi connectivity index (χ4n) is 3.41. The van der Waals surface area contributed by atoms with Crippen LogP contribution in [0, 0.1) is 10.1 Å². The SMILES string of the molecule is O=c1c2ccccc2nc(N2CCCCC2)n1-c1cccc([N+](=O)[O-])c1. The molecule has 132 valence electrons. The van der Waals surface area contributed by atoms with Crippen LogP contribution in [0.2, 0.25) is 0 Å². The van der Waals surface area contributed by atoms with Crippen molar-refractivity contribution in [2.45, 2.75) is 19.3 Å². The molecule has 1 aliphatic heterocycles. The second-order valence-electron chi connectivity index (χ2n) is 6.39. The Kier molecular flexibility index (Phi) is 4.12. The maximum atomic E-state index is 13.2. The van der Waals surface area contributed by atoms with Crippen molar-refractivity contribution in [1.29, 1.82) is 0 Å². The van der Waals surface area contributed by atoms with Crippen LogP contribution in [0.15, 0.2) is 53.3 Å². The van der Waals surface area contributed by atoms with Crippen LogP contribution in [0.5, 0.6) is 0 Å². The zero-order valence-electron chi connectivity index (χ0n) is 14.2. The monoisotopic (exact) mass is 350 g/mol. The number of nitrogens with zero attached hydrogens (tertiary/aromatic N) is 4. The van der Waals surface area contributed by atoms with Gasteiger partial charge in [0.15, 0.2) is 0 Å². The number of piperidine rings is 1. The molecule has 2 aromatic carbocycles. The Bertz CT molecular complexity index is 1040. The van der Waals surface area contributed by atoms with E-state index >= 15 is 0 Å². The van der Waals surface area contributed by atoms with Gasteiger partial charge in [-0.15, -0.1) is 0 Å². The fraction of sp³-hybridized carbons (Fsp3) is 0.263. The highest BCUT2D eigenvalue weighted by Crippen LogP contribution is 2.24. The maximum absolute atomic E-state index is 13.2. The van der Waals surface area contributed by atoms with Crippen molar-refractivity contribution < 1.29 is 4.92 Å². The van der Waals surface area contributed by atoms with E-state index in [1.54, 1.807) is 24.3 Å². The number of benzene rings is 2. The summed E-state index contributed by atoms with van der Waals surface area (Å²) in [6, 6.07) is 13.3. The molecule has 1 fully saturated rings. The highest BCUT2D eigenvalue weighted by Gasteiger charge is 2.21. The molecule has 26 heavy (non-hydrogen) atoms. The largest absolute Gasteiger partial charge is 0.342 e. The lowest BCUT2D eigenvalue weighted by atomic mass is 10.1. The molecule has 0 saturated carbocycles. The number of non-ortho nitro benzene ring substituents is 1. The van der Waals surface area contributed by atoms with E-state index < -0.39 is 4.92 Å². The van der Waals surface area contributed by atoms with Gasteiger partial charge in [-0.05, 0) is 37.5 Å². The molecule has 0 atom stereocenters. The third kappa shape index (κ3) is 2.81. The second-order valence-corrected chi connectivity index (χ2v) is 6.39. The van der Waals surface area contributed by atoms with Crippen LogP contribution in [0.25, 0.3) is 16.6 Å². The molecule has 0 radical (unpaired) electrons. The van der Waals surface area contributed by atoms with Gasteiger partial charge in [0.2, 0.25) is 5.95 Å². The van der Waals surface area contributed by atoms with Crippen LogP contribution < -0.4 is 10.5 Å². The lowest BCUT2D eigenvalue weighted by Gasteiger charge is -2.29. The van der Waals surface area contributed by atoms with E-state index in [9.17, 15) is 14.9 Å². The highest BCUT2D eigenvalue weighted by molar-refractivity contribution is 5.79. The zero-order chi connectivity index (χ0) is 18.1. The summed E-state index contributed by atoms with van der Waals surface area (Å²) < 4.78 is 1.50. The second kappa shape index (κ2) is 6.59. The standard InChI is InChI=1S/C19H18N4O3/c24-18-16-9-2-3-10-17(16)20-19(21-11-4-1-5-12-21)22(18)14-7-6-8-15(13-14)23(25)26/h2-3,6-10,13H,1,4-5,11-12H2. The zero-order valence-corrected chi connectivity index (χ0v) is 14.2. The first-order valence-electron chi connectivity index (χ1n) is 8.67. The first-order chi connectivity index (χ1) is 12.6. The number of rotatable bonds is 3. The molecule has 3 aromatic rings. The molecule has 0 bridgehead atoms. The smallest absolute Gasteiger partial charge is 0.271 e. The number of hydrogen-bond donors (Lipinski definition) is 0. The Morgan fingerprint density at radius 3 is 2.54 bits per heavy atom. The van der Waals surface area contributed by atoms with Crippen LogP contribution in [0.3, 0.4) is 0 Å². The van der Waals surface area contributed by atoms with E-state index in [0.29, 0.717) is 22.5 Å². The van der Waals surface area contributed by atoms with Gasteiger partial charge in [-0.25, -0.2) is 9.55 Å². The Hall–Kier alpha value is -3.22. The number of nitro benzene ring substituents is 1. The van der Waals surface area contributed by atoms with E-state index in [2.05, 4.69) is 4.90 Å². The van der Waals surface area contributed by atoms with E-state index in [-0.39, 0.29) is 11.2 Å². The lowest BCUT2D eigenvalue weighted by molar-refractivity contribution is -0.384. The summed E-state index contributed by atoms with van der Waals surface area (Å²) in [5.41, 5.74) is 0.839. The minimum Gasteiger partial charge on any atom is -0.342 e. The van der Waals surface area contributed by atoms with Gasteiger partial charge >= 0.3 is 0 Å². The van der Waals surface area contributed by atoms with Crippen molar-refractivity contribution in [3.8, 4) is 5.69 Å². The van der Waals surface area contributed by atoms with Gasteiger partial charge in [-0.3, -0.25) is 14.9 Å². The maximum Gasteiger partial charge on any atom is 0.271 e. The molecule has 0 amide bonds. The van der Waals surface area contributed by atoms with Gasteiger partial charge in [0.05, 0.1) is 21.5 Å². The van der Waals surface area contributed by atoms with Gasteiger partial charge in [0.25, 0.3) is 11.2 Å². The van der Waals surface area contributed by atoms with Gasteiger partial charge in [0, 0.05) is 25.2 Å². The third-order valence-electron chi connectivity index (χ3n) is 4.70. The van der Waals surface area contributed by atoms with E-state index in [1.807, 2.05) is 12.1 Å². The molecule has 0 spiro atoms. The summed E-state index contributed by atoms with van der Waals surface area (Å²) in [6.07, 6.45) is 3.24.